The molecule has 0 unspecified atom stereocenters. The molecule has 4 aromatic rings. The van der Waals surface area contributed by atoms with Gasteiger partial charge in [-0.2, -0.15) is 0 Å². The van der Waals surface area contributed by atoms with Crippen LogP contribution < -0.4 is 10.1 Å². The van der Waals surface area contributed by atoms with Crippen molar-refractivity contribution in [1.82, 2.24) is 10.2 Å². The average molecular weight is 440 g/mol. The van der Waals surface area contributed by atoms with E-state index < -0.39 is 6.10 Å². The molecule has 4 rings (SSSR count). The van der Waals surface area contributed by atoms with E-state index in [9.17, 15) is 4.79 Å². The molecular weight excluding hydrogens is 425 g/mol. The van der Waals surface area contributed by atoms with Crippen molar-refractivity contribution in [3.8, 4) is 17.2 Å². The van der Waals surface area contributed by atoms with Gasteiger partial charge in [-0.1, -0.05) is 53.5 Å². The van der Waals surface area contributed by atoms with Crippen LogP contribution in [-0.4, -0.2) is 16.1 Å². The van der Waals surface area contributed by atoms with E-state index in [0.29, 0.717) is 32.9 Å². The standard InChI is InChI=1S/C22H15Cl2N3O3/c23-16-10-17(24)12-18(11-16)26-21(28)20(14-4-2-1-3-5-14)30-19-8-6-15(7-9-19)22-27-25-13-29-22/h1-13,20H,(H,26,28)/t20-/m1/s1. The summed E-state index contributed by atoms with van der Waals surface area (Å²) in [5.74, 6) is 0.545. The van der Waals surface area contributed by atoms with Crippen LogP contribution in [0.2, 0.25) is 10.0 Å². The second-order valence-corrected chi connectivity index (χ2v) is 7.20. The van der Waals surface area contributed by atoms with E-state index in [1.165, 1.54) is 6.39 Å². The zero-order valence-corrected chi connectivity index (χ0v) is 17.0. The largest absolute Gasteiger partial charge is 0.476 e. The first-order valence-electron chi connectivity index (χ1n) is 8.93. The molecule has 3 aromatic carbocycles. The number of ether oxygens (including phenoxy) is 1. The van der Waals surface area contributed by atoms with Gasteiger partial charge in [0.2, 0.25) is 18.4 Å². The van der Waals surface area contributed by atoms with Crippen LogP contribution in [0.15, 0.2) is 83.6 Å². The smallest absolute Gasteiger partial charge is 0.270 e. The van der Waals surface area contributed by atoms with Gasteiger partial charge in [-0.3, -0.25) is 4.79 Å². The summed E-state index contributed by atoms with van der Waals surface area (Å²) in [6, 6.07) is 21.0. The lowest BCUT2D eigenvalue weighted by Gasteiger charge is -2.19. The van der Waals surface area contributed by atoms with Gasteiger partial charge in [-0.25, -0.2) is 0 Å². The normalized spacial score (nSPS) is 11.7. The number of carbonyl (C=O) groups excluding carboxylic acids is 1. The van der Waals surface area contributed by atoms with E-state index in [-0.39, 0.29) is 5.91 Å². The maximum absolute atomic E-state index is 13.0. The summed E-state index contributed by atoms with van der Waals surface area (Å²) in [4.78, 5) is 13.0. The number of carbonyl (C=O) groups is 1. The summed E-state index contributed by atoms with van der Waals surface area (Å²) in [7, 11) is 0. The fourth-order valence-corrected chi connectivity index (χ4v) is 3.37. The minimum atomic E-state index is -0.891. The number of benzene rings is 3. The third-order valence-corrected chi connectivity index (χ3v) is 4.62. The Morgan fingerprint density at radius 2 is 1.67 bits per heavy atom. The summed E-state index contributed by atoms with van der Waals surface area (Å²) in [5, 5.41) is 11.2. The van der Waals surface area contributed by atoms with Gasteiger partial charge in [-0.15, -0.1) is 10.2 Å². The van der Waals surface area contributed by atoms with Crippen molar-refractivity contribution < 1.29 is 13.9 Å². The second kappa shape index (κ2) is 8.98. The number of halogens is 2. The van der Waals surface area contributed by atoms with Crippen molar-refractivity contribution in [3.05, 3.63) is 94.8 Å². The third kappa shape index (κ3) is 4.79. The van der Waals surface area contributed by atoms with E-state index in [2.05, 4.69) is 15.5 Å². The molecule has 0 spiro atoms. The number of hydrogen-bond donors (Lipinski definition) is 1. The molecule has 0 fully saturated rings. The molecule has 0 aliphatic carbocycles. The summed E-state index contributed by atoms with van der Waals surface area (Å²) >= 11 is 12.1. The maximum atomic E-state index is 13.0. The number of anilines is 1. The monoisotopic (exact) mass is 439 g/mol. The number of rotatable bonds is 6. The molecule has 30 heavy (non-hydrogen) atoms. The minimum Gasteiger partial charge on any atom is -0.476 e. The van der Waals surface area contributed by atoms with Crippen LogP contribution in [0, 0.1) is 0 Å². The van der Waals surface area contributed by atoms with E-state index in [4.69, 9.17) is 32.4 Å². The number of aromatic nitrogens is 2. The van der Waals surface area contributed by atoms with Crippen molar-refractivity contribution in [2.45, 2.75) is 6.10 Å². The number of hydrogen-bond acceptors (Lipinski definition) is 5. The van der Waals surface area contributed by atoms with Gasteiger partial charge >= 0.3 is 0 Å². The first-order chi connectivity index (χ1) is 14.6. The fourth-order valence-electron chi connectivity index (χ4n) is 2.85. The Hall–Kier alpha value is -3.35. The molecule has 0 bridgehead atoms. The molecule has 0 aliphatic heterocycles. The highest BCUT2D eigenvalue weighted by molar-refractivity contribution is 6.35. The molecule has 8 heteroatoms. The predicted octanol–water partition coefficient (Wildman–Crippen LogP) is 5.80. The number of nitrogens with zero attached hydrogens (tertiary/aromatic N) is 2. The summed E-state index contributed by atoms with van der Waals surface area (Å²) < 4.78 is 11.2. The average Bonchev–Trinajstić information content (AvgIpc) is 3.27. The van der Waals surface area contributed by atoms with Crippen LogP contribution in [0.25, 0.3) is 11.5 Å². The molecule has 1 atom stereocenters. The molecule has 1 heterocycles. The van der Waals surface area contributed by atoms with Crippen LogP contribution in [0.5, 0.6) is 5.75 Å². The number of nitrogens with one attached hydrogen (secondary N) is 1. The zero-order chi connectivity index (χ0) is 20.9. The second-order valence-electron chi connectivity index (χ2n) is 6.32. The first-order valence-corrected chi connectivity index (χ1v) is 9.69. The highest BCUT2D eigenvalue weighted by atomic mass is 35.5. The van der Waals surface area contributed by atoms with Crippen LogP contribution in [0.3, 0.4) is 0 Å². The highest BCUT2D eigenvalue weighted by Crippen LogP contribution is 2.28. The van der Waals surface area contributed by atoms with Gasteiger partial charge in [0.1, 0.15) is 5.75 Å². The van der Waals surface area contributed by atoms with Crippen molar-refractivity contribution in [3.63, 3.8) is 0 Å². The van der Waals surface area contributed by atoms with Crippen molar-refractivity contribution in [1.29, 1.82) is 0 Å². The van der Waals surface area contributed by atoms with Crippen LogP contribution in [0.1, 0.15) is 11.7 Å². The summed E-state index contributed by atoms with van der Waals surface area (Å²) in [5.41, 5.74) is 1.92. The minimum absolute atomic E-state index is 0.361. The molecule has 0 radical (unpaired) electrons. The zero-order valence-electron chi connectivity index (χ0n) is 15.5. The molecule has 1 aromatic heterocycles. The third-order valence-electron chi connectivity index (χ3n) is 4.19. The quantitative estimate of drug-likeness (QED) is 0.410. The lowest BCUT2D eigenvalue weighted by Crippen LogP contribution is -2.25. The van der Waals surface area contributed by atoms with Crippen LogP contribution >= 0.6 is 23.2 Å². The fraction of sp³-hybridized carbons (Fsp3) is 0.0455. The predicted molar refractivity (Wildman–Crippen MR) is 115 cm³/mol. The molecular formula is C22H15Cl2N3O3. The van der Waals surface area contributed by atoms with E-state index in [1.54, 1.807) is 42.5 Å². The molecule has 1 amide bonds. The Bertz CT molecular complexity index is 1110. The molecule has 150 valence electrons. The van der Waals surface area contributed by atoms with E-state index in [1.807, 2.05) is 30.3 Å². The summed E-state index contributed by atoms with van der Waals surface area (Å²) in [6.07, 6.45) is 0.371. The van der Waals surface area contributed by atoms with Gasteiger partial charge in [0.25, 0.3) is 5.91 Å². The molecule has 0 saturated heterocycles. The maximum Gasteiger partial charge on any atom is 0.270 e. The lowest BCUT2D eigenvalue weighted by atomic mass is 10.1. The SMILES string of the molecule is O=C(Nc1cc(Cl)cc(Cl)c1)[C@H](Oc1ccc(-c2nnco2)cc1)c1ccccc1. The molecule has 6 nitrogen and oxygen atoms in total. The Kier molecular flexibility index (Phi) is 5.97. The van der Waals surface area contributed by atoms with Gasteiger partial charge in [0.15, 0.2) is 0 Å². The van der Waals surface area contributed by atoms with Crippen molar-refractivity contribution in [2.75, 3.05) is 5.32 Å². The Labute approximate surface area is 182 Å². The van der Waals surface area contributed by atoms with E-state index >= 15 is 0 Å². The lowest BCUT2D eigenvalue weighted by molar-refractivity contribution is -0.123. The molecule has 1 N–H and O–H groups in total. The van der Waals surface area contributed by atoms with Gasteiger partial charge in [0, 0.05) is 26.9 Å². The summed E-state index contributed by atoms with van der Waals surface area (Å²) in [6.45, 7) is 0. The number of amides is 1. The van der Waals surface area contributed by atoms with Gasteiger partial charge in [-0.05, 0) is 42.5 Å². The Morgan fingerprint density at radius 3 is 2.30 bits per heavy atom. The van der Waals surface area contributed by atoms with Crippen molar-refractivity contribution >= 4 is 34.8 Å². The van der Waals surface area contributed by atoms with Gasteiger partial charge < -0.3 is 14.5 Å². The highest BCUT2D eigenvalue weighted by Gasteiger charge is 2.23. The van der Waals surface area contributed by atoms with E-state index in [0.717, 1.165) is 5.56 Å². The topological polar surface area (TPSA) is 77.2 Å². The van der Waals surface area contributed by atoms with Crippen molar-refractivity contribution in [2.24, 2.45) is 0 Å². The van der Waals surface area contributed by atoms with Crippen LogP contribution in [0.4, 0.5) is 5.69 Å². The first kappa shape index (κ1) is 19.9. The molecule has 0 aliphatic rings. The Morgan fingerprint density at radius 1 is 0.967 bits per heavy atom. The van der Waals surface area contributed by atoms with Gasteiger partial charge in [0.05, 0.1) is 0 Å². The Balaban J connectivity index is 1.58. The molecule has 0 saturated carbocycles. The van der Waals surface area contributed by atoms with Crippen LogP contribution in [-0.2, 0) is 4.79 Å².